The van der Waals surface area contributed by atoms with Gasteiger partial charge in [-0.05, 0) is 49.9 Å². The Morgan fingerprint density at radius 2 is 2.00 bits per heavy atom. The Labute approximate surface area is 173 Å². The number of aliphatic carboxylic acids is 1. The first-order valence-electron chi connectivity index (χ1n) is 9.41. The van der Waals surface area contributed by atoms with Gasteiger partial charge in [0.2, 0.25) is 0 Å². The summed E-state index contributed by atoms with van der Waals surface area (Å²) in [7, 11) is 1.50. The summed E-state index contributed by atoms with van der Waals surface area (Å²) in [5.41, 5.74) is 2.79. The lowest BCUT2D eigenvalue weighted by molar-refractivity contribution is -0.142. The molecule has 0 radical (unpaired) electrons. The number of carbonyl (C=O) groups is 1. The number of nitrogens with two attached hydrogens (primary N) is 2. The van der Waals surface area contributed by atoms with Gasteiger partial charge in [-0.15, -0.1) is 0 Å². The Bertz CT molecular complexity index is 1000. The van der Waals surface area contributed by atoms with Crippen molar-refractivity contribution in [2.24, 2.45) is 16.8 Å². The Morgan fingerprint density at radius 1 is 1.33 bits per heavy atom. The number of carboxylic acid groups (broad SMARTS) is 1. The summed E-state index contributed by atoms with van der Waals surface area (Å²) < 4.78 is 6.46. The summed E-state index contributed by atoms with van der Waals surface area (Å²) in [6.07, 6.45) is -0.268. The third-order valence-electron chi connectivity index (χ3n) is 4.74. The summed E-state index contributed by atoms with van der Waals surface area (Å²) in [6, 6.07) is 3.74. The van der Waals surface area contributed by atoms with Crippen LogP contribution in [0.15, 0.2) is 22.0 Å². The minimum atomic E-state index is -1.07. The standard InChI is InChI=1S/C19H28N6O5/c1-11-8-14-15(9-12(11)2)25(6-4-13(26)5-7-30-10-16(27)28)19(29)17(22-14)18(23-20)24(3)21/h8-9,13,26H,4-7,10,20-21H2,1-3H3,(H,27,28)/b23-18-. The van der Waals surface area contributed by atoms with Crippen LogP contribution in [-0.2, 0) is 16.1 Å². The second-order valence-electron chi connectivity index (χ2n) is 7.08. The van der Waals surface area contributed by atoms with E-state index in [9.17, 15) is 14.7 Å². The van der Waals surface area contributed by atoms with E-state index in [4.69, 9.17) is 21.5 Å². The first-order valence-corrected chi connectivity index (χ1v) is 9.41. The van der Waals surface area contributed by atoms with Crippen LogP contribution in [0.5, 0.6) is 0 Å². The lowest BCUT2D eigenvalue weighted by Crippen LogP contribution is -2.41. The number of hydrogen-bond donors (Lipinski definition) is 4. The molecule has 1 heterocycles. The van der Waals surface area contributed by atoms with Crippen molar-refractivity contribution < 1.29 is 19.7 Å². The maximum atomic E-state index is 13.1. The number of aliphatic hydroxyl groups excluding tert-OH is 1. The summed E-state index contributed by atoms with van der Waals surface area (Å²) in [6.45, 7) is 3.77. The van der Waals surface area contributed by atoms with Gasteiger partial charge in [-0.2, -0.15) is 5.10 Å². The number of amidine groups is 1. The number of aryl methyl sites for hydroxylation is 3. The Morgan fingerprint density at radius 3 is 2.60 bits per heavy atom. The molecule has 0 fully saturated rings. The molecule has 0 saturated heterocycles. The van der Waals surface area contributed by atoms with Crippen molar-refractivity contribution in [2.45, 2.75) is 39.3 Å². The van der Waals surface area contributed by atoms with E-state index in [2.05, 4.69) is 10.1 Å². The number of hydrazone groups is 1. The van der Waals surface area contributed by atoms with E-state index >= 15 is 0 Å². The maximum absolute atomic E-state index is 13.1. The quantitative estimate of drug-likeness (QED) is 0.140. The van der Waals surface area contributed by atoms with Gasteiger partial charge in [0.1, 0.15) is 6.61 Å². The summed E-state index contributed by atoms with van der Waals surface area (Å²) >= 11 is 0. The van der Waals surface area contributed by atoms with Gasteiger partial charge in [-0.1, -0.05) is 0 Å². The summed E-state index contributed by atoms with van der Waals surface area (Å²) in [4.78, 5) is 28.0. The predicted molar refractivity (Wildman–Crippen MR) is 112 cm³/mol. The SMILES string of the molecule is Cc1cc2nc(/C(=N/N)N(C)N)c(=O)n(CCC(O)CCOCC(=O)O)c2cc1C. The molecule has 1 aromatic heterocycles. The van der Waals surface area contributed by atoms with Gasteiger partial charge in [-0.3, -0.25) is 9.80 Å². The highest BCUT2D eigenvalue weighted by molar-refractivity contribution is 5.97. The lowest BCUT2D eigenvalue weighted by atomic mass is 10.1. The van der Waals surface area contributed by atoms with Gasteiger partial charge in [0, 0.05) is 20.2 Å². The van der Waals surface area contributed by atoms with Crippen LogP contribution in [0.2, 0.25) is 0 Å². The third kappa shape index (κ3) is 5.53. The number of aromatic nitrogens is 2. The van der Waals surface area contributed by atoms with Gasteiger partial charge >= 0.3 is 5.97 Å². The molecule has 0 aliphatic heterocycles. The third-order valence-corrected chi connectivity index (χ3v) is 4.74. The average Bonchev–Trinajstić information content (AvgIpc) is 2.67. The number of aliphatic hydroxyl groups is 1. The van der Waals surface area contributed by atoms with Gasteiger partial charge in [0.25, 0.3) is 5.56 Å². The zero-order valence-electron chi connectivity index (χ0n) is 17.3. The predicted octanol–water partition coefficient (Wildman–Crippen LogP) is -0.319. The highest BCUT2D eigenvalue weighted by atomic mass is 16.5. The zero-order valence-corrected chi connectivity index (χ0v) is 17.3. The molecular formula is C19H28N6O5. The molecule has 30 heavy (non-hydrogen) atoms. The molecule has 2 rings (SSSR count). The van der Waals surface area contributed by atoms with E-state index in [1.165, 1.54) is 11.6 Å². The van der Waals surface area contributed by atoms with Gasteiger partial charge in [-0.25, -0.2) is 15.6 Å². The molecule has 0 aliphatic carbocycles. The molecule has 6 N–H and O–H groups in total. The van der Waals surface area contributed by atoms with E-state index in [0.717, 1.165) is 16.1 Å². The normalized spacial score (nSPS) is 12.9. The molecule has 0 amide bonds. The van der Waals surface area contributed by atoms with Crippen LogP contribution in [0.25, 0.3) is 11.0 Å². The molecule has 2 aromatic rings. The number of fused-ring (bicyclic) bond motifs is 1. The van der Waals surface area contributed by atoms with E-state index in [-0.39, 0.29) is 37.5 Å². The highest BCUT2D eigenvalue weighted by Gasteiger charge is 2.19. The van der Waals surface area contributed by atoms with Crippen LogP contribution < -0.4 is 17.2 Å². The average molecular weight is 420 g/mol. The molecule has 0 bridgehead atoms. The number of rotatable bonds is 9. The maximum Gasteiger partial charge on any atom is 0.329 e. The van der Waals surface area contributed by atoms with Gasteiger partial charge in [0.05, 0.1) is 17.1 Å². The smallest absolute Gasteiger partial charge is 0.329 e. The first-order chi connectivity index (χ1) is 14.1. The topological polar surface area (TPSA) is 169 Å². The minimum absolute atomic E-state index is 0.0116. The van der Waals surface area contributed by atoms with Crippen LogP contribution in [0, 0.1) is 13.8 Å². The number of nitrogens with zero attached hydrogens (tertiary/aromatic N) is 4. The molecule has 0 spiro atoms. The second-order valence-corrected chi connectivity index (χ2v) is 7.08. The molecule has 1 unspecified atom stereocenters. The zero-order chi connectivity index (χ0) is 22.4. The van der Waals surface area contributed by atoms with Crippen molar-refractivity contribution in [1.29, 1.82) is 0 Å². The Kier molecular flexibility index (Phi) is 7.86. The summed E-state index contributed by atoms with van der Waals surface area (Å²) in [5.74, 6) is 10.1. The fraction of sp³-hybridized carbons (Fsp3) is 0.474. The Hall–Kier alpha value is -3.02. The van der Waals surface area contributed by atoms with E-state index in [0.29, 0.717) is 11.0 Å². The number of hydrazine groups is 1. The number of carboxylic acids is 1. The minimum Gasteiger partial charge on any atom is -0.480 e. The van der Waals surface area contributed by atoms with E-state index < -0.39 is 24.2 Å². The number of benzene rings is 1. The lowest BCUT2D eigenvalue weighted by Gasteiger charge is -2.18. The monoisotopic (exact) mass is 420 g/mol. The van der Waals surface area contributed by atoms with Crippen molar-refractivity contribution in [1.82, 2.24) is 14.6 Å². The molecule has 1 aromatic carbocycles. The van der Waals surface area contributed by atoms with Crippen molar-refractivity contribution in [3.05, 3.63) is 39.3 Å². The van der Waals surface area contributed by atoms with Crippen LogP contribution in [0.4, 0.5) is 0 Å². The van der Waals surface area contributed by atoms with E-state index in [1.54, 1.807) is 0 Å². The molecule has 11 heteroatoms. The van der Waals surface area contributed by atoms with Crippen molar-refractivity contribution >= 4 is 22.8 Å². The number of ether oxygens (including phenoxy) is 1. The second kappa shape index (κ2) is 10.1. The van der Waals surface area contributed by atoms with Crippen molar-refractivity contribution in [2.75, 3.05) is 20.3 Å². The van der Waals surface area contributed by atoms with Gasteiger partial charge in [0.15, 0.2) is 11.5 Å². The van der Waals surface area contributed by atoms with Crippen molar-refractivity contribution in [3.8, 4) is 0 Å². The van der Waals surface area contributed by atoms with Crippen LogP contribution in [0.3, 0.4) is 0 Å². The highest BCUT2D eigenvalue weighted by Crippen LogP contribution is 2.18. The first kappa shape index (κ1) is 23.3. The molecule has 0 aliphatic rings. The molecule has 11 nitrogen and oxygen atoms in total. The molecule has 164 valence electrons. The molecular weight excluding hydrogens is 392 g/mol. The summed E-state index contributed by atoms with van der Waals surface area (Å²) in [5, 5.41) is 23.5. The Balaban J connectivity index is 2.37. The van der Waals surface area contributed by atoms with Crippen molar-refractivity contribution in [3.63, 3.8) is 0 Å². The molecule has 1 atom stereocenters. The molecule has 0 saturated carbocycles. The fourth-order valence-corrected chi connectivity index (χ4v) is 2.99. The van der Waals surface area contributed by atoms with E-state index in [1.807, 2.05) is 26.0 Å². The van der Waals surface area contributed by atoms with Crippen LogP contribution in [-0.4, -0.2) is 62.9 Å². The fourth-order valence-electron chi connectivity index (χ4n) is 2.99. The van der Waals surface area contributed by atoms with Crippen LogP contribution in [0.1, 0.15) is 29.7 Å². The largest absolute Gasteiger partial charge is 0.480 e. The van der Waals surface area contributed by atoms with Crippen LogP contribution >= 0.6 is 0 Å². The number of hydrogen-bond acceptors (Lipinski definition) is 8. The van der Waals surface area contributed by atoms with Gasteiger partial charge < -0.3 is 25.4 Å².